The van der Waals surface area contributed by atoms with Crippen LogP contribution in [0.15, 0.2) is 6.07 Å². The molecule has 6 nitrogen and oxygen atoms in total. The zero-order valence-electron chi connectivity index (χ0n) is 12.4. The van der Waals surface area contributed by atoms with Gasteiger partial charge in [0.1, 0.15) is 5.82 Å². The van der Waals surface area contributed by atoms with E-state index in [1.54, 1.807) is 4.90 Å². The molecule has 10 heteroatoms. The molecule has 2 saturated heterocycles. The minimum atomic E-state index is -1.03. The first-order chi connectivity index (χ1) is 9.75. The Morgan fingerprint density at radius 1 is 0.955 bits per heavy atom. The van der Waals surface area contributed by atoms with E-state index < -0.39 is 12.0 Å². The molecule has 1 aromatic heterocycles. The molecule has 0 aliphatic carbocycles. The van der Waals surface area contributed by atoms with E-state index >= 15 is 0 Å². The Morgan fingerprint density at radius 2 is 1.55 bits per heavy atom. The molecule has 2 aliphatic rings. The minimum absolute atomic E-state index is 0. The largest absolute Gasteiger partial charge is 0.660 e. The Morgan fingerprint density at radius 3 is 2.00 bits per heavy atom. The summed E-state index contributed by atoms with van der Waals surface area (Å²) in [5, 5.41) is 11.4. The molecule has 22 heavy (non-hydrogen) atoms. The van der Waals surface area contributed by atoms with Crippen molar-refractivity contribution in [1.29, 1.82) is 0 Å². The zero-order chi connectivity index (χ0) is 14.2. The van der Waals surface area contributed by atoms with Crippen molar-refractivity contribution < 1.29 is 96.9 Å². The van der Waals surface area contributed by atoms with Crippen LogP contribution in [0.25, 0.3) is 10.6 Å². The molecule has 3 heterocycles. The summed E-state index contributed by atoms with van der Waals surface area (Å²) in [5.41, 5.74) is 0. The van der Waals surface area contributed by atoms with Crippen molar-refractivity contribution in [2.24, 2.45) is 0 Å². The molecule has 118 valence electrons. The Kier molecular flexibility index (Phi) is 14.7. The van der Waals surface area contributed by atoms with E-state index in [0.717, 1.165) is 32.2 Å². The monoisotopic (exact) mass is 738 g/mol. The number of rotatable bonds is 1. The van der Waals surface area contributed by atoms with Crippen molar-refractivity contribution >= 4 is 5.82 Å². The van der Waals surface area contributed by atoms with Gasteiger partial charge in [0.2, 0.25) is 5.95 Å². The third-order valence-electron chi connectivity index (χ3n) is 2.93. The van der Waals surface area contributed by atoms with Crippen molar-refractivity contribution in [3.63, 3.8) is 0 Å². The van der Waals surface area contributed by atoms with E-state index in [9.17, 15) is 8.78 Å². The second-order valence-electron chi connectivity index (χ2n) is 4.40. The number of piperazine rings is 2. The molecule has 2 aliphatic heterocycles. The fourth-order valence-corrected chi connectivity index (χ4v) is 1.93. The van der Waals surface area contributed by atoms with E-state index in [-0.39, 0.29) is 88.1 Å². The van der Waals surface area contributed by atoms with Crippen molar-refractivity contribution in [3.8, 4) is 0 Å². The van der Waals surface area contributed by atoms with E-state index in [0.29, 0.717) is 32.0 Å². The van der Waals surface area contributed by atoms with Crippen LogP contribution in [0.3, 0.4) is 0 Å². The number of aromatic nitrogens is 2. The molecular weight excluding hydrogens is 720 g/mol. The molecule has 1 N–H and O–H groups in total. The van der Waals surface area contributed by atoms with Gasteiger partial charge in [-0.05, 0) is 13.1 Å². The molecule has 2 fully saturated rings. The van der Waals surface area contributed by atoms with Gasteiger partial charge in [-0.3, -0.25) is 0 Å². The summed E-state index contributed by atoms with van der Waals surface area (Å²) in [5.74, 6) is -0.542. The molecule has 0 aromatic carbocycles. The summed E-state index contributed by atoms with van der Waals surface area (Å²) < 4.78 is 25.4. The fourth-order valence-electron chi connectivity index (χ4n) is 1.93. The first-order valence-electron chi connectivity index (χ1n) is 6.68. The number of nitrogens with one attached hydrogen (secondary N) is 1. The van der Waals surface area contributed by atoms with Crippen LogP contribution >= 0.6 is 0 Å². The topological polar surface area (TPSA) is 69.2 Å². The van der Waals surface area contributed by atoms with E-state index in [1.807, 2.05) is 0 Å². The first-order valence-corrected chi connectivity index (χ1v) is 6.68. The molecule has 0 saturated carbocycles. The predicted octanol–water partition coefficient (Wildman–Crippen LogP) is 0.912. The van der Waals surface area contributed by atoms with Crippen molar-refractivity contribution in [2.75, 3.05) is 57.3 Å². The van der Waals surface area contributed by atoms with Crippen LogP contribution in [0.5, 0.6) is 0 Å². The second-order valence-corrected chi connectivity index (χ2v) is 4.40. The van der Waals surface area contributed by atoms with Gasteiger partial charge in [0.25, 0.3) is 0 Å². The van der Waals surface area contributed by atoms with Crippen molar-refractivity contribution in [1.82, 2.24) is 15.3 Å². The normalized spacial score (nSPS) is 17.5. The standard InChI is InChI=1S/C8H9F2N4.C4H9N2.2Ac/c9-6-5-7(13-8(10)12-6)14-3-1-11-2-4-14;1-2-6-4-3-5-1;;/h5H,1-4H2;5H,1-4H2;;/q2*-1;;. The van der Waals surface area contributed by atoms with Crippen molar-refractivity contribution in [3.05, 3.63) is 28.7 Å². The zero-order valence-corrected chi connectivity index (χ0v) is 21.9. The summed E-state index contributed by atoms with van der Waals surface area (Å²) in [6.45, 7) is 6.84. The predicted molar refractivity (Wildman–Crippen MR) is 73.2 cm³/mol. The molecular formula is C12H18Ac2F2N6-2. The van der Waals surface area contributed by atoms with Gasteiger partial charge in [0.05, 0.1) is 0 Å². The van der Waals surface area contributed by atoms with Gasteiger partial charge in [-0.2, -0.15) is 18.7 Å². The average Bonchev–Trinajstić information content (AvgIpc) is 2.50. The van der Waals surface area contributed by atoms with Gasteiger partial charge in [-0.15, -0.1) is 26.2 Å². The van der Waals surface area contributed by atoms with Crippen LogP contribution in [0.4, 0.5) is 14.6 Å². The van der Waals surface area contributed by atoms with Crippen molar-refractivity contribution in [2.45, 2.75) is 0 Å². The SMILES string of the molecule is C1CNCC[N-]1.Fc1cc(N2CC[N-]CC2)nc(F)n1.[Ac].[Ac]. The Labute approximate surface area is 201 Å². The van der Waals surface area contributed by atoms with E-state index in [4.69, 9.17) is 0 Å². The maximum Gasteiger partial charge on any atom is 0.313 e. The number of hydrogen-bond donors (Lipinski definition) is 1. The number of halogens is 2. The Balaban J connectivity index is 0.000000472. The van der Waals surface area contributed by atoms with Gasteiger partial charge >= 0.3 is 6.08 Å². The molecule has 0 unspecified atom stereocenters. The quantitative estimate of drug-likeness (QED) is 0.344. The fraction of sp³-hybridized carbons (Fsp3) is 0.667. The molecule has 1 aromatic rings. The van der Waals surface area contributed by atoms with Crippen LogP contribution in [-0.2, 0) is 0 Å². The first kappa shape index (κ1) is 23.5. The average molecular weight is 738 g/mol. The van der Waals surface area contributed by atoms with Gasteiger partial charge in [-0.1, -0.05) is 0 Å². The third kappa shape index (κ3) is 9.11. The summed E-state index contributed by atoms with van der Waals surface area (Å²) in [4.78, 5) is 8.25. The van der Waals surface area contributed by atoms with Gasteiger partial charge in [0.15, 0.2) is 0 Å². The van der Waals surface area contributed by atoms with Crippen LogP contribution < -0.4 is 10.2 Å². The van der Waals surface area contributed by atoms with Crippen LogP contribution in [-0.4, -0.2) is 62.3 Å². The summed E-state index contributed by atoms with van der Waals surface area (Å²) >= 11 is 0. The van der Waals surface area contributed by atoms with Gasteiger partial charge < -0.3 is 20.9 Å². The molecule has 0 amide bonds. The number of hydrogen-bond acceptors (Lipinski definition) is 4. The summed E-state index contributed by atoms with van der Waals surface area (Å²) in [6.07, 6.45) is -1.03. The molecule has 0 spiro atoms. The number of nitrogens with zero attached hydrogens (tertiary/aromatic N) is 5. The molecule has 0 bridgehead atoms. The summed E-state index contributed by atoms with van der Waals surface area (Å²) in [7, 11) is 0. The maximum absolute atomic E-state index is 12.7. The van der Waals surface area contributed by atoms with E-state index in [2.05, 4.69) is 25.9 Å². The number of anilines is 1. The van der Waals surface area contributed by atoms with Crippen LogP contribution in [0.1, 0.15) is 0 Å². The molecule has 2 radical (unpaired) electrons. The van der Waals surface area contributed by atoms with Gasteiger partial charge in [-0.25, -0.2) is 0 Å². The van der Waals surface area contributed by atoms with E-state index in [1.165, 1.54) is 0 Å². The summed E-state index contributed by atoms with van der Waals surface area (Å²) in [6, 6.07) is 1.13. The second kappa shape index (κ2) is 13.8. The van der Waals surface area contributed by atoms with Gasteiger partial charge in [0, 0.05) is 107 Å². The maximum atomic E-state index is 12.7. The molecule has 3 rings (SSSR count). The third-order valence-corrected chi connectivity index (χ3v) is 2.93. The Hall–Kier alpha value is 1.50. The van der Waals surface area contributed by atoms with Crippen LogP contribution in [0.2, 0.25) is 0 Å². The smallest absolute Gasteiger partial charge is 0.313 e. The Bertz CT molecular complexity index is 385. The minimum Gasteiger partial charge on any atom is -0.660 e. The molecule has 0 atom stereocenters. The van der Waals surface area contributed by atoms with Crippen LogP contribution in [0, 0.1) is 100 Å².